The molecule has 4 aromatic carbocycles. The number of hydrogen-bond donors (Lipinski definition) is 1. The largest absolute Gasteiger partial charge is 0.525 e. The molecule has 0 saturated carbocycles. The Kier molecular flexibility index (Phi) is 10.8. The number of hydrogen-bond acceptors (Lipinski definition) is 6. The maximum Gasteiger partial charge on any atom is 0.525 e. The molecule has 0 spiro atoms. The summed E-state index contributed by atoms with van der Waals surface area (Å²) in [6.07, 6.45) is -0.0328. The lowest BCUT2D eigenvalue weighted by atomic mass is 9.87. The quantitative estimate of drug-likeness (QED) is 0.119. The maximum absolute atomic E-state index is 11.2. The van der Waals surface area contributed by atoms with E-state index in [4.69, 9.17) is 24.2 Å². The third-order valence-electron chi connectivity index (χ3n) is 7.44. The molecule has 2 atom stereocenters. The molecule has 0 radical (unpaired) electrons. The molecule has 1 fully saturated rings. The predicted octanol–water partition coefficient (Wildman–Crippen LogP) is 7.70. The summed E-state index contributed by atoms with van der Waals surface area (Å²) in [6, 6.07) is 31.0. The van der Waals surface area contributed by atoms with Crippen LogP contribution in [0.5, 0.6) is 5.75 Å². The first kappa shape index (κ1) is 30.0. The summed E-state index contributed by atoms with van der Waals surface area (Å²) in [5.74, 6) is 0.907. The molecule has 2 unspecified atom stereocenters. The number of fused-ring (bicyclic) bond motifs is 1. The molecule has 0 aliphatic carbocycles. The van der Waals surface area contributed by atoms with Crippen molar-refractivity contribution in [3.8, 4) is 5.75 Å². The highest BCUT2D eigenvalue weighted by Gasteiger charge is 2.33. The number of hydroxylamine groups is 2. The fourth-order valence-corrected chi connectivity index (χ4v) is 5.63. The van der Waals surface area contributed by atoms with Gasteiger partial charge in [-0.3, -0.25) is 0 Å². The van der Waals surface area contributed by atoms with Crippen LogP contribution in [0.4, 0.5) is 4.79 Å². The van der Waals surface area contributed by atoms with Gasteiger partial charge in [-0.15, -0.1) is 5.06 Å². The Labute approximate surface area is 255 Å². The highest BCUT2D eigenvalue weighted by molar-refractivity contribution is 9.08. The molecular weight excluding hydrogens is 598 g/mol. The van der Waals surface area contributed by atoms with Crippen molar-refractivity contribution in [3.05, 3.63) is 113 Å². The van der Waals surface area contributed by atoms with Gasteiger partial charge in [0.1, 0.15) is 5.75 Å². The SMILES string of the molecule is O=C(O)ON1CCC(c2ccc(OCCCOCc3ccccc3)cc2)C(OCc2ccc3ccc(CBr)cc3c2)C1. The van der Waals surface area contributed by atoms with Gasteiger partial charge < -0.3 is 24.2 Å². The Bertz CT molecular complexity index is 1430. The van der Waals surface area contributed by atoms with Crippen LogP contribution in [0.15, 0.2) is 91.0 Å². The average Bonchev–Trinajstić information content (AvgIpc) is 3.02. The molecule has 8 heteroatoms. The lowest BCUT2D eigenvalue weighted by molar-refractivity contribution is -0.166. The second-order valence-corrected chi connectivity index (χ2v) is 11.0. The summed E-state index contributed by atoms with van der Waals surface area (Å²) < 4.78 is 18.1. The third kappa shape index (κ3) is 8.55. The van der Waals surface area contributed by atoms with E-state index in [0.29, 0.717) is 45.9 Å². The van der Waals surface area contributed by atoms with Gasteiger partial charge in [-0.1, -0.05) is 88.7 Å². The number of ether oxygens (including phenoxy) is 3. The number of alkyl halides is 1. The fraction of sp³-hybridized carbons (Fsp3) is 0.324. The van der Waals surface area contributed by atoms with E-state index in [2.05, 4.69) is 76.6 Å². The highest BCUT2D eigenvalue weighted by Crippen LogP contribution is 2.32. The first-order valence-corrected chi connectivity index (χ1v) is 15.4. The maximum atomic E-state index is 11.2. The molecule has 1 N–H and O–H groups in total. The predicted molar refractivity (Wildman–Crippen MR) is 166 cm³/mol. The van der Waals surface area contributed by atoms with Crippen molar-refractivity contribution in [2.75, 3.05) is 26.3 Å². The minimum atomic E-state index is -1.31. The molecule has 1 saturated heterocycles. The van der Waals surface area contributed by atoms with E-state index in [1.807, 2.05) is 30.3 Å². The van der Waals surface area contributed by atoms with E-state index in [-0.39, 0.29) is 12.0 Å². The Morgan fingerprint density at radius 1 is 0.857 bits per heavy atom. The van der Waals surface area contributed by atoms with E-state index < -0.39 is 6.16 Å². The lowest BCUT2D eigenvalue weighted by Crippen LogP contribution is -2.44. The van der Waals surface area contributed by atoms with Crippen LogP contribution in [0.3, 0.4) is 0 Å². The minimum absolute atomic E-state index is 0.0968. The number of carboxylic acid groups (broad SMARTS) is 1. The second kappa shape index (κ2) is 15.2. The fourth-order valence-electron chi connectivity index (χ4n) is 5.28. The summed E-state index contributed by atoms with van der Waals surface area (Å²) in [6.45, 7) is 3.10. The van der Waals surface area contributed by atoms with Crippen LogP contribution in [-0.2, 0) is 32.9 Å². The highest BCUT2D eigenvalue weighted by atomic mass is 79.9. The molecule has 7 nitrogen and oxygen atoms in total. The Hall–Kier alpha value is -3.43. The molecule has 1 heterocycles. The van der Waals surface area contributed by atoms with Gasteiger partial charge in [0.15, 0.2) is 0 Å². The smallest absolute Gasteiger partial charge is 0.494 e. The molecule has 1 aliphatic rings. The summed E-state index contributed by atoms with van der Waals surface area (Å²) in [5, 5.41) is 13.8. The van der Waals surface area contributed by atoms with Crippen LogP contribution in [0, 0.1) is 0 Å². The summed E-state index contributed by atoms with van der Waals surface area (Å²) in [4.78, 5) is 16.2. The molecule has 220 valence electrons. The zero-order valence-electron chi connectivity index (χ0n) is 23.5. The molecular formula is C34H36BrNO6. The van der Waals surface area contributed by atoms with Crippen LogP contribution >= 0.6 is 15.9 Å². The van der Waals surface area contributed by atoms with Gasteiger partial charge in [0.2, 0.25) is 0 Å². The zero-order valence-corrected chi connectivity index (χ0v) is 25.1. The lowest BCUT2D eigenvalue weighted by Gasteiger charge is -2.37. The molecule has 4 aromatic rings. The van der Waals surface area contributed by atoms with Crippen LogP contribution in [0.2, 0.25) is 0 Å². The van der Waals surface area contributed by atoms with Gasteiger partial charge in [0.05, 0.1) is 39.1 Å². The van der Waals surface area contributed by atoms with Crippen molar-refractivity contribution >= 4 is 32.9 Å². The summed E-state index contributed by atoms with van der Waals surface area (Å²) >= 11 is 3.53. The van der Waals surface area contributed by atoms with Crippen molar-refractivity contribution in [2.45, 2.75) is 43.4 Å². The van der Waals surface area contributed by atoms with E-state index in [9.17, 15) is 4.79 Å². The summed E-state index contributed by atoms with van der Waals surface area (Å²) in [5.41, 5.74) is 4.59. The number of piperidine rings is 1. The topological polar surface area (TPSA) is 77.5 Å². The second-order valence-electron chi connectivity index (χ2n) is 10.4. The van der Waals surface area contributed by atoms with Crippen molar-refractivity contribution in [1.82, 2.24) is 5.06 Å². The Balaban J connectivity index is 1.16. The van der Waals surface area contributed by atoms with Gasteiger partial charge in [-0.05, 0) is 57.6 Å². The van der Waals surface area contributed by atoms with Crippen LogP contribution < -0.4 is 4.74 Å². The number of carbonyl (C=O) groups is 1. The van der Waals surface area contributed by atoms with Crippen LogP contribution in [-0.4, -0.2) is 48.7 Å². The van der Waals surface area contributed by atoms with E-state index in [0.717, 1.165) is 34.2 Å². The first-order valence-electron chi connectivity index (χ1n) is 14.3. The van der Waals surface area contributed by atoms with Gasteiger partial charge in [-0.2, -0.15) is 0 Å². The molecule has 5 rings (SSSR count). The number of benzene rings is 4. The number of nitrogens with zero attached hydrogens (tertiary/aromatic N) is 1. The van der Waals surface area contributed by atoms with Crippen LogP contribution in [0.25, 0.3) is 10.8 Å². The van der Waals surface area contributed by atoms with Crippen molar-refractivity contribution < 1.29 is 28.9 Å². The molecule has 0 aromatic heterocycles. The van der Waals surface area contributed by atoms with E-state index >= 15 is 0 Å². The van der Waals surface area contributed by atoms with Gasteiger partial charge in [0, 0.05) is 24.2 Å². The van der Waals surface area contributed by atoms with Gasteiger partial charge in [0.25, 0.3) is 0 Å². The van der Waals surface area contributed by atoms with Gasteiger partial charge >= 0.3 is 6.16 Å². The molecule has 0 bridgehead atoms. The summed E-state index contributed by atoms with van der Waals surface area (Å²) in [7, 11) is 0. The Morgan fingerprint density at radius 3 is 2.38 bits per heavy atom. The number of rotatable bonds is 13. The first-order chi connectivity index (χ1) is 20.6. The van der Waals surface area contributed by atoms with Gasteiger partial charge in [-0.25, -0.2) is 4.79 Å². The van der Waals surface area contributed by atoms with Crippen molar-refractivity contribution in [1.29, 1.82) is 0 Å². The third-order valence-corrected chi connectivity index (χ3v) is 8.09. The normalized spacial score (nSPS) is 17.3. The standard InChI is InChI=1S/C34H36BrNO6/c35-21-26-7-9-28-10-8-27(20-30(28)19-26)24-41-33-22-36(42-34(37)38)16-15-32(33)29-11-13-31(14-12-29)40-18-4-17-39-23-25-5-2-1-3-6-25/h1-3,5-14,19-20,32-33H,4,15-18,21-24H2,(H,37,38). The van der Waals surface area contributed by atoms with Crippen molar-refractivity contribution in [2.24, 2.45) is 0 Å². The van der Waals surface area contributed by atoms with E-state index in [1.54, 1.807) is 0 Å². The zero-order chi connectivity index (χ0) is 29.1. The average molecular weight is 635 g/mol. The molecule has 42 heavy (non-hydrogen) atoms. The van der Waals surface area contributed by atoms with E-state index in [1.165, 1.54) is 21.4 Å². The molecule has 1 aliphatic heterocycles. The monoisotopic (exact) mass is 633 g/mol. The van der Waals surface area contributed by atoms with Crippen molar-refractivity contribution in [3.63, 3.8) is 0 Å². The van der Waals surface area contributed by atoms with Crippen LogP contribution in [0.1, 0.15) is 41.0 Å². The number of halogens is 1. The minimum Gasteiger partial charge on any atom is -0.494 e. The Morgan fingerprint density at radius 2 is 1.62 bits per heavy atom. The molecule has 0 amide bonds.